The molecule has 1 aliphatic carbocycles. The summed E-state index contributed by atoms with van der Waals surface area (Å²) in [5.41, 5.74) is 8.34. The van der Waals surface area contributed by atoms with Gasteiger partial charge in [-0.25, -0.2) is 0 Å². The van der Waals surface area contributed by atoms with Crippen molar-refractivity contribution < 1.29 is 0 Å². The van der Waals surface area contributed by atoms with E-state index in [1.165, 1.54) is 23.9 Å². The first-order chi connectivity index (χ1) is 7.36. The van der Waals surface area contributed by atoms with Gasteiger partial charge in [0.1, 0.15) is 0 Å². The maximum absolute atomic E-state index is 5.67. The number of hydrogen-bond donors (Lipinski definition) is 2. The quantitative estimate of drug-likeness (QED) is 0.797. The molecule has 0 spiro atoms. The van der Waals surface area contributed by atoms with Crippen LogP contribution in [0.5, 0.6) is 0 Å². The molecule has 1 aromatic carbocycles. The Bertz CT molecular complexity index is 482. The Morgan fingerprint density at radius 3 is 2.87 bits per heavy atom. The van der Waals surface area contributed by atoms with E-state index in [2.05, 4.69) is 22.3 Å². The van der Waals surface area contributed by atoms with E-state index in [0.29, 0.717) is 5.41 Å². The Morgan fingerprint density at radius 1 is 1.33 bits per heavy atom. The lowest BCUT2D eigenvalue weighted by molar-refractivity contribution is 0.612. The monoisotopic (exact) mass is 201 g/mol. The summed E-state index contributed by atoms with van der Waals surface area (Å²) in [5.74, 6) is 0. The van der Waals surface area contributed by atoms with Gasteiger partial charge in [0.2, 0.25) is 0 Å². The van der Waals surface area contributed by atoms with Gasteiger partial charge in [0.25, 0.3) is 0 Å². The first-order valence-corrected chi connectivity index (χ1v) is 5.49. The fourth-order valence-corrected chi connectivity index (χ4v) is 2.42. The van der Waals surface area contributed by atoms with Crippen LogP contribution in [-0.4, -0.2) is 16.7 Å². The molecule has 1 heterocycles. The van der Waals surface area contributed by atoms with Gasteiger partial charge in [0.15, 0.2) is 0 Å². The van der Waals surface area contributed by atoms with Crippen LogP contribution in [0.25, 0.3) is 10.9 Å². The summed E-state index contributed by atoms with van der Waals surface area (Å²) in [5, 5.41) is 8.80. The number of para-hydroxylation sites is 1. The van der Waals surface area contributed by atoms with Crippen LogP contribution in [0.15, 0.2) is 24.3 Å². The molecule has 3 nitrogen and oxygen atoms in total. The van der Waals surface area contributed by atoms with Crippen molar-refractivity contribution in [3.05, 3.63) is 30.0 Å². The van der Waals surface area contributed by atoms with E-state index in [0.717, 1.165) is 18.5 Å². The second-order valence-corrected chi connectivity index (χ2v) is 4.43. The Morgan fingerprint density at radius 2 is 2.13 bits per heavy atom. The van der Waals surface area contributed by atoms with Crippen LogP contribution in [0.1, 0.15) is 25.0 Å². The molecule has 0 aliphatic heterocycles. The highest BCUT2D eigenvalue weighted by atomic mass is 15.1. The number of rotatable bonds is 3. The maximum atomic E-state index is 5.67. The van der Waals surface area contributed by atoms with Crippen molar-refractivity contribution in [2.75, 3.05) is 6.54 Å². The molecule has 1 saturated carbocycles. The third-order valence-electron chi connectivity index (χ3n) is 3.47. The molecule has 0 amide bonds. The number of benzene rings is 1. The van der Waals surface area contributed by atoms with Crippen LogP contribution in [0, 0.1) is 0 Å². The lowest BCUT2D eigenvalue weighted by Gasteiger charge is -2.11. The molecule has 2 aromatic rings. The van der Waals surface area contributed by atoms with Gasteiger partial charge in [-0.15, -0.1) is 0 Å². The van der Waals surface area contributed by atoms with Crippen LogP contribution >= 0.6 is 0 Å². The van der Waals surface area contributed by atoms with E-state index >= 15 is 0 Å². The van der Waals surface area contributed by atoms with Gasteiger partial charge < -0.3 is 5.73 Å². The zero-order valence-corrected chi connectivity index (χ0v) is 8.66. The summed E-state index contributed by atoms with van der Waals surface area (Å²) in [6.07, 6.45) is 3.56. The zero-order chi connectivity index (χ0) is 10.3. The molecule has 15 heavy (non-hydrogen) atoms. The standard InChI is InChI=1S/C12H15N3/c13-8-7-12(5-6-12)11-9-3-1-2-4-10(9)14-15-11/h1-4H,5-8,13H2,(H,14,15). The van der Waals surface area contributed by atoms with Crippen molar-refractivity contribution in [3.63, 3.8) is 0 Å². The summed E-state index contributed by atoms with van der Waals surface area (Å²) in [7, 11) is 0. The van der Waals surface area contributed by atoms with Gasteiger partial charge in [-0.2, -0.15) is 5.10 Å². The van der Waals surface area contributed by atoms with Crippen molar-refractivity contribution in [1.29, 1.82) is 0 Å². The van der Waals surface area contributed by atoms with E-state index in [1.807, 2.05) is 12.1 Å². The number of hydrogen-bond acceptors (Lipinski definition) is 2. The molecule has 0 unspecified atom stereocenters. The first-order valence-electron chi connectivity index (χ1n) is 5.49. The fraction of sp³-hybridized carbons (Fsp3) is 0.417. The maximum Gasteiger partial charge on any atom is 0.0923 e. The van der Waals surface area contributed by atoms with Gasteiger partial charge in [0.05, 0.1) is 5.52 Å². The Kier molecular flexibility index (Phi) is 1.83. The number of aromatic nitrogens is 2. The highest BCUT2D eigenvalue weighted by Crippen LogP contribution is 2.51. The van der Waals surface area contributed by atoms with Gasteiger partial charge in [0, 0.05) is 16.5 Å². The van der Waals surface area contributed by atoms with Crippen molar-refractivity contribution in [2.45, 2.75) is 24.7 Å². The normalized spacial score (nSPS) is 18.2. The minimum absolute atomic E-state index is 0.310. The SMILES string of the molecule is NCCC1(c2[nH]nc3ccccc23)CC1. The molecule has 78 valence electrons. The average Bonchev–Trinajstić information content (AvgIpc) is 2.91. The van der Waals surface area contributed by atoms with E-state index < -0.39 is 0 Å². The molecule has 0 atom stereocenters. The van der Waals surface area contributed by atoms with Crippen LogP contribution in [0.4, 0.5) is 0 Å². The largest absolute Gasteiger partial charge is 0.330 e. The van der Waals surface area contributed by atoms with Crippen molar-refractivity contribution in [3.8, 4) is 0 Å². The molecule has 3 N–H and O–H groups in total. The van der Waals surface area contributed by atoms with E-state index in [9.17, 15) is 0 Å². The van der Waals surface area contributed by atoms with Gasteiger partial charge in [-0.1, -0.05) is 18.2 Å². The number of aromatic amines is 1. The third-order valence-corrected chi connectivity index (χ3v) is 3.47. The van der Waals surface area contributed by atoms with Crippen molar-refractivity contribution in [1.82, 2.24) is 10.2 Å². The van der Waals surface area contributed by atoms with E-state index in [-0.39, 0.29) is 0 Å². The summed E-state index contributed by atoms with van der Waals surface area (Å²) in [4.78, 5) is 0. The molecule has 0 radical (unpaired) electrons. The number of nitrogens with one attached hydrogen (secondary N) is 1. The van der Waals surface area contributed by atoms with E-state index in [4.69, 9.17) is 5.73 Å². The van der Waals surface area contributed by atoms with Crippen LogP contribution in [-0.2, 0) is 5.41 Å². The molecule has 1 fully saturated rings. The minimum Gasteiger partial charge on any atom is -0.330 e. The van der Waals surface area contributed by atoms with E-state index in [1.54, 1.807) is 0 Å². The molecular formula is C12H15N3. The molecule has 3 heteroatoms. The third kappa shape index (κ3) is 1.27. The second kappa shape index (κ2) is 3.07. The van der Waals surface area contributed by atoms with Crippen LogP contribution < -0.4 is 5.73 Å². The topological polar surface area (TPSA) is 54.7 Å². The fourth-order valence-electron chi connectivity index (χ4n) is 2.42. The Balaban J connectivity index is 2.11. The lowest BCUT2D eigenvalue weighted by Crippen LogP contribution is -2.14. The molecular weight excluding hydrogens is 186 g/mol. The summed E-state index contributed by atoms with van der Waals surface area (Å²) in [6, 6.07) is 8.29. The number of fused-ring (bicyclic) bond motifs is 1. The second-order valence-electron chi connectivity index (χ2n) is 4.43. The first kappa shape index (κ1) is 8.92. The Labute approximate surface area is 88.7 Å². The number of nitrogens with two attached hydrogens (primary N) is 1. The van der Waals surface area contributed by atoms with Crippen LogP contribution in [0.2, 0.25) is 0 Å². The smallest absolute Gasteiger partial charge is 0.0923 e. The van der Waals surface area contributed by atoms with Gasteiger partial charge in [-0.05, 0) is 31.9 Å². The summed E-state index contributed by atoms with van der Waals surface area (Å²) in [6.45, 7) is 0.757. The van der Waals surface area contributed by atoms with Gasteiger partial charge >= 0.3 is 0 Å². The summed E-state index contributed by atoms with van der Waals surface area (Å²) < 4.78 is 0. The number of H-pyrrole nitrogens is 1. The highest BCUT2D eigenvalue weighted by molar-refractivity contribution is 5.82. The van der Waals surface area contributed by atoms with Crippen molar-refractivity contribution >= 4 is 10.9 Å². The lowest BCUT2D eigenvalue weighted by atomic mass is 9.95. The molecule has 1 aliphatic rings. The average molecular weight is 201 g/mol. The minimum atomic E-state index is 0.310. The molecule has 0 saturated heterocycles. The summed E-state index contributed by atoms with van der Waals surface area (Å²) >= 11 is 0. The molecule has 1 aromatic heterocycles. The predicted molar refractivity (Wildman–Crippen MR) is 60.7 cm³/mol. The van der Waals surface area contributed by atoms with Crippen LogP contribution in [0.3, 0.4) is 0 Å². The number of nitrogens with zero attached hydrogens (tertiary/aromatic N) is 1. The van der Waals surface area contributed by atoms with Gasteiger partial charge in [-0.3, -0.25) is 5.10 Å². The van der Waals surface area contributed by atoms with Crippen molar-refractivity contribution in [2.24, 2.45) is 5.73 Å². The highest BCUT2D eigenvalue weighted by Gasteiger charge is 2.45. The predicted octanol–water partition coefficient (Wildman–Crippen LogP) is 1.94. The zero-order valence-electron chi connectivity index (χ0n) is 8.66. The Hall–Kier alpha value is -1.35. The molecule has 0 bridgehead atoms. The molecule has 3 rings (SSSR count).